The number of unbranched alkanes of at least 4 members (excludes halogenated alkanes) is 2. The third-order valence-corrected chi connectivity index (χ3v) is 4.53. The van der Waals surface area contributed by atoms with E-state index in [1.807, 2.05) is 24.3 Å². The Hall–Kier alpha value is -2.20. The maximum Gasteiger partial charge on any atom is 0.119 e. The van der Waals surface area contributed by atoms with Crippen molar-refractivity contribution in [1.29, 1.82) is 0 Å². The minimum Gasteiger partial charge on any atom is -0.494 e. The monoisotopic (exact) mass is 370 g/mol. The van der Waals surface area contributed by atoms with Crippen LogP contribution in [-0.4, -0.2) is 13.2 Å². The van der Waals surface area contributed by atoms with Gasteiger partial charge in [0.15, 0.2) is 0 Å². The van der Waals surface area contributed by atoms with Gasteiger partial charge in [0, 0.05) is 11.7 Å². The molecule has 0 saturated carbocycles. The fraction of sp³-hybridized carbons (Fsp3) is 0.478. The number of hydrazine groups is 1. The molecular weight excluding hydrogens is 336 g/mol. The molecule has 2 aromatic carbocycles. The Kier molecular flexibility index (Phi) is 8.99. The number of anilines is 1. The van der Waals surface area contributed by atoms with Crippen LogP contribution in [0.2, 0.25) is 0 Å². The predicted molar refractivity (Wildman–Crippen MR) is 114 cm³/mol. The van der Waals surface area contributed by atoms with Crippen molar-refractivity contribution < 1.29 is 9.47 Å². The molecule has 4 nitrogen and oxygen atoms in total. The van der Waals surface area contributed by atoms with Gasteiger partial charge in [-0.15, -0.1) is 0 Å². The molecule has 27 heavy (non-hydrogen) atoms. The second kappa shape index (κ2) is 11.5. The normalized spacial score (nSPS) is 11.9. The second-order valence-corrected chi connectivity index (χ2v) is 6.94. The molecule has 0 heterocycles. The fourth-order valence-corrected chi connectivity index (χ4v) is 2.80. The minimum absolute atomic E-state index is 0.176. The summed E-state index contributed by atoms with van der Waals surface area (Å²) in [5.74, 6) is 1.86. The molecule has 2 N–H and O–H groups in total. The number of aryl methyl sites for hydroxylation is 1. The summed E-state index contributed by atoms with van der Waals surface area (Å²) in [6.07, 6.45) is 4.47. The van der Waals surface area contributed by atoms with E-state index >= 15 is 0 Å². The molecule has 0 aliphatic rings. The van der Waals surface area contributed by atoms with Gasteiger partial charge in [-0.05, 0) is 74.2 Å². The predicted octanol–water partition coefficient (Wildman–Crippen LogP) is 6.03. The van der Waals surface area contributed by atoms with Gasteiger partial charge in [-0.3, -0.25) is 0 Å². The molecule has 1 unspecified atom stereocenters. The molecule has 0 amide bonds. The van der Waals surface area contributed by atoms with Crippen molar-refractivity contribution in [1.82, 2.24) is 5.43 Å². The summed E-state index contributed by atoms with van der Waals surface area (Å²) in [5, 5.41) is 0. The second-order valence-electron chi connectivity index (χ2n) is 6.94. The van der Waals surface area contributed by atoms with Gasteiger partial charge < -0.3 is 14.9 Å². The summed E-state index contributed by atoms with van der Waals surface area (Å²) in [6, 6.07) is 14.5. The van der Waals surface area contributed by atoms with Gasteiger partial charge in [-0.1, -0.05) is 32.8 Å². The number of ether oxygens (including phenoxy) is 2. The van der Waals surface area contributed by atoms with Crippen LogP contribution in [0.5, 0.6) is 11.5 Å². The lowest BCUT2D eigenvalue weighted by molar-refractivity contribution is 0.309. The van der Waals surface area contributed by atoms with Crippen molar-refractivity contribution in [2.24, 2.45) is 0 Å². The highest BCUT2D eigenvalue weighted by Gasteiger charge is 2.09. The topological polar surface area (TPSA) is 42.5 Å². The average molecular weight is 371 g/mol. The number of hydrogen-bond acceptors (Lipinski definition) is 4. The smallest absolute Gasteiger partial charge is 0.119 e. The quantitative estimate of drug-likeness (QED) is 0.353. The minimum atomic E-state index is 0.176. The Bertz CT molecular complexity index is 671. The molecule has 0 aliphatic heterocycles. The van der Waals surface area contributed by atoms with Gasteiger partial charge >= 0.3 is 0 Å². The number of benzene rings is 2. The molecule has 0 aliphatic carbocycles. The molecule has 4 heteroatoms. The van der Waals surface area contributed by atoms with E-state index in [0.717, 1.165) is 56.1 Å². The summed E-state index contributed by atoms with van der Waals surface area (Å²) in [6.45, 7) is 10.2. The Morgan fingerprint density at radius 2 is 1.44 bits per heavy atom. The van der Waals surface area contributed by atoms with Crippen LogP contribution >= 0.6 is 0 Å². The van der Waals surface area contributed by atoms with Crippen LogP contribution in [0.25, 0.3) is 0 Å². The molecule has 0 radical (unpaired) electrons. The number of nitrogens with one attached hydrogen (secondary N) is 2. The first-order valence-corrected chi connectivity index (χ1v) is 10.1. The van der Waals surface area contributed by atoms with Crippen molar-refractivity contribution in [2.75, 3.05) is 18.6 Å². The van der Waals surface area contributed by atoms with E-state index in [2.05, 4.69) is 56.7 Å². The van der Waals surface area contributed by atoms with E-state index in [4.69, 9.17) is 9.47 Å². The summed E-state index contributed by atoms with van der Waals surface area (Å²) in [7, 11) is 0. The van der Waals surface area contributed by atoms with Crippen molar-refractivity contribution >= 4 is 5.69 Å². The zero-order valence-electron chi connectivity index (χ0n) is 17.2. The molecule has 1 atom stereocenters. The van der Waals surface area contributed by atoms with Crippen LogP contribution in [0.15, 0.2) is 42.5 Å². The van der Waals surface area contributed by atoms with Gasteiger partial charge in [0.25, 0.3) is 0 Å². The van der Waals surface area contributed by atoms with Crippen molar-refractivity contribution in [3.63, 3.8) is 0 Å². The summed E-state index contributed by atoms with van der Waals surface area (Å²) in [5.41, 5.74) is 10.1. The highest BCUT2D eigenvalue weighted by molar-refractivity contribution is 5.46. The van der Waals surface area contributed by atoms with Crippen molar-refractivity contribution in [3.05, 3.63) is 53.6 Å². The number of rotatable bonds is 12. The van der Waals surface area contributed by atoms with Crippen molar-refractivity contribution in [3.8, 4) is 11.5 Å². The van der Waals surface area contributed by atoms with E-state index in [-0.39, 0.29) is 6.04 Å². The van der Waals surface area contributed by atoms with Crippen LogP contribution < -0.4 is 20.3 Å². The molecule has 0 fully saturated rings. The Morgan fingerprint density at radius 3 is 2.04 bits per heavy atom. The van der Waals surface area contributed by atoms with Crippen molar-refractivity contribution in [2.45, 2.75) is 59.4 Å². The third kappa shape index (κ3) is 7.14. The molecule has 2 aromatic rings. The number of hydrogen-bond donors (Lipinski definition) is 2. The maximum absolute atomic E-state index is 5.79. The van der Waals surface area contributed by atoms with Gasteiger partial charge in [0.05, 0.1) is 13.2 Å². The summed E-state index contributed by atoms with van der Waals surface area (Å²) >= 11 is 0. The summed E-state index contributed by atoms with van der Waals surface area (Å²) in [4.78, 5) is 0. The van der Waals surface area contributed by atoms with Crippen LogP contribution in [0.3, 0.4) is 0 Å². The van der Waals surface area contributed by atoms with E-state index in [9.17, 15) is 0 Å². The largest absolute Gasteiger partial charge is 0.494 e. The van der Waals surface area contributed by atoms with E-state index in [0.29, 0.717) is 0 Å². The van der Waals surface area contributed by atoms with Crippen LogP contribution in [0, 0.1) is 6.92 Å². The molecule has 148 valence electrons. The van der Waals surface area contributed by atoms with E-state index < -0.39 is 0 Å². The van der Waals surface area contributed by atoms with Crippen LogP contribution in [-0.2, 0) is 0 Å². The lowest BCUT2D eigenvalue weighted by Crippen LogP contribution is -2.25. The fourth-order valence-electron chi connectivity index (χ4n) is 2.80. The first-order chi connectivity index (χ1) is 13.1. The van der Waals surface area contributed by atoms with Gasteiger partial charge in [-0.25, -0.2) is 5.43 Å². The highest BCUT2D eigenvalue weighted by Crippen LogP contribution is 2.23. The first kappa shape index (κ1) is 21.1. The lowest BCUT2D eigenvalue weighted by Gasteiger charge is -2.19. The average Bonchev–Trinajstić information content (AvgIpc) is 2.68. The third-order valence-electron chi connectivity index (χ3n) is 4.53. The maximum atomic E-state index is 5.79. The molecule has 0 bridgehead atoms. The molecule has 0 aromatic heterocycles. The standard InChI is InChI=1S/C23H34N2O2/c1-5-7-15-26-21-11-9-20(10-12-21)25-24-19(4)23-14-13-22(17-18(23)3)27-16-8-6-2/h9-14,17,19,24-25H,5-8,15-16H2,1-4H3. The Labute approximate surface area is 164 Å². The lowest BCUT2D eigenvalue weighted by atomic mass is 10.0. The van der Waals surface area contributed by atoms with E-state index in [1.54, 1.807) is 0 Å². The highest BCUT2D eigenvalue weighted by atomic mass is 16.5. The SMILES string of the molecule is CCCCOc1ccc(NNC(C)c2ccc(OCCCC)cc2C)cc1. The Balaban J connectivity index is 1.85. The molecule has 0 saturated heterocycles. The summed E-state index contributed by atoms with van der Waals surface area (Å²) < 4.78 is 11.5. The van der Waals surface area contributed by atoms with Crippen LogP contribution in [0.4, 0.5) is 5.69 Å². The zero-order valence-corrected chi connectivity index (χ0v) is 17.2. The van der Waals surface area contributed by atoms with Gasteiger partial charge in [-0.2, -0.15) is 0 Å². The van der Waals surface area contributed by atoms with Gasteiger partial charge in [0.1, 0.15) is 11.5 Å². The molecule has 2 rings (SSSR count). The molecular formula is C23H34N2O2. The van der Waals surface area contributed by atoms with E-state index in [1.165, 1.54) is 11.1 Å². The van der Waals surface area contributed by atoms with Crippen LogP contribution in [0.1, 0.15) is 63.6 Å². The Morgan fingerprint density at radius 1 is 0.852 bits per heavy atom. The first-order valence-electron chi connectivity index (χ1n) is 10.1. The van der Waals surface area contributed by atoms with Gasteiger partial charge in [0.2, 0.25) is 0 Å². The molecule has 0 spiro atoms. The zero-order chi connectivity index (χ0) is 19.5.